The summed E-state index contributed by atoms with van der Waals surface area (Å²) in [5.41, 5.74) is 0.558. The Balaban J connectivity index is 2.48. The molecular weight excluding hydrogens is 280 g/mol. The number of halogens is 2. The summed E-state index contributed by atoms with van der Waals surface area (Å²) in [5.74, 6) is -1.10. The van der Waals surface area contributed by atoms with Crippen molar-refractivity contribution in [3.05, 3.63) is 33.4 Å². The van der Waals surface area contributed by atoms with E-state index >= 15 is 0 Å². The number of fused-ring (bicyclic) bond motifs is 2. The zero-order chi connectivity index (χ0) is 15.3. The van der Waals surface area contributed by atoms with Gasteiger partial charge in [0, 0.05) is 18.3 Å². The van der Waals surface area contributed by atoms with Gasteiger partial charge in [-0.3, -0.25) is 9.59 Å². The second-order valence-corrected chi connectivity index (χ2v) is 5.07. The molecule has 5 nitrogen and oxygen atoms in total. The Morgan fingerprint density at radius 1 is 1.38 bits per heavy atom. The van der Waals surface area contributed by atoms with Crippen LogP contribution >= 0.6 is 0 Å². The van der Waals surface area contributed by atoms with Crippen LogP contribution in [0.1, 0.15) is 22.9 Å². The molecule has 0 bridgehead atoms. The molecule has 2 heterocycles. The molecule has 1 N–H and O–H groups in total. The normalized spacial score (nSPS) is 17.6. The molecule has 0 spiro atoms. The number of nitrogens with zero attached hydrogens (tertiary/aromatic N) is 2. The smallest absolute Gasteiger partial charge is 0.259 e. The summed E-state index contributed by atoms with van der Waals surface area (Å²) in [6, 6.07) is 1.54. The number of rotatable bonds is 2. The molecule has 2 aromatic rings. The van der Waals surface area contributed by atoms with E-state index in [1.807, 2.05) is 0 Å². The van der Waals surface area contributed by atoms with E-state index < -0.39 is 30.7 Å². The molecule has 7 heteroatoms. The van der Waals surface area contributed by atoms with Crippen molar-refractivity contribution in [2.24, 2.45) is 0 Å². The molecule has 1 aromatic carbocycles. The minimum atomic E-state index is -1.05. The molecule has 1 aromatic heterocycles. The minimum absolute atomic E-state index is 0.0524. The van der Waals surface area contributed by atoms with Gasteiger partial charge in [-0.15, -0.1) is 0 Å². The van der Waals surface area contributed by atoms with Gasteiger partial charge >= 0.3 is 0 Å². The van der Waals surface area contributed by atoms with Gasteiger partial charge in [0.1, 0.15) is 19.2 Å². The summed E-state index contributed by atoms with van der Waals surface area (Å²) in [5, 5.41) is 0.0865. The molecule has 0 aliphatic carbocycles. The van der Waals surface area contributed by atoms with Crippen LogP contribution in [0, 0.1) is 6.92 Å². The standard InChI is InChI=1S/C14H13F2N3O2/c1-6-17-9-3-10-11(8(5-16)14(21)19(10)2)7(4-15)12(9)13(20)18-6/h3,8H,4-5H2,1-2H3,(H,17,18,20). The Labute approximate surface area is 118 Å². The molecule has 3 rings (SSSR count). The van der Waals surface area contributed by atoms with Gasteiger partial charge in [0.05, 0.1) is 16.8 Å². The van der Waals surface area contributed by atoms with E-state index in [0.717, 1.165) is 0 Å². The Morgan fingerprint density at radius 2 is 2.10 bits per heavy atom. The number of alkyl halides is 2. The third kappa shape index (κ3) is 1.76. The quantitative estimate of drug-likeness (QED) is 0.917. The molecular formula is C14H13F2N3O2. The highest BCUT2D eigenvalue weighted by Crippen LogP contribution is 2.41. The Bertz CT molecular complexity index is 816. The zero-order valence-electron chi connectivity index (χ0n) is 11.5. The van der Waals surface area contributed by atoms with E-state index in [1.165, 1.54) is 11.9 Å². The largest absolute Gasteiger partial charge is 0.314 e. The summed E-state index contributed by atoms with van der Waals surface area (Å²) in [4.78, 5) is 32.1. The lowest BCUT2D eigenvalue weighted by atomic mass is 9.94. The van der Waals surface area contributed by atoms with E-state index in [9.17, 15) is 18.4 Å². The molecule has 1 atom stereocenters. The first-order valence-corrected chi connectivity index (χ1v) is 6.45. The number of aromatic nitrogens is 2. The van der Waals surface area contributed by atoms with Gasteiger partial charge in [-0.1, -0.05) is 0 Å². The number of likely N-dealkylation sites (N-methyl/N-ethyl adjacent to an activating group) is 1. The van der Waals surface area contributed by atoms with E-state index in [-0.39, 0.29) is 16.5 Å². The van der Waals surface area contributed by atoms with Crippen LogP contribution in [0.5, 0.6) is 0 Å². The van der Waals surface area contributed by atoms with Gasteiger partial charge in [0.15, 0.2) is 0 Å². The molecule has 1 aliphatic heterocycles. The SMILES string of the molecule is Cc1nc2cc3c(c(CF)c2c(=O)[nH]1)C(CF)C(=O)N3C. The number of carbonyl (C=O) groups is 1. The summed E-state index contributed by atoms with van der Waals surface area (Å²) in [7, 11) is 1.50. The third-order valence-electron chi connectivity index (χ3n) is 3.87. The molecule has 1 amide bonds. The fourth-order valence-corrected chi connectivity index (χ4v) is 2.92. The van der Waals surface area contributed by atoms with Gasteiger partial charge in [0.25, 0.3) is 5.56 Å². The second-order valence-electron chi connectivity index (χ2n) is 5.07. The number of aryl methyl sites for hydroxylation is 1. The molecule has 110 valence electrons. The molecule has 1 aliphatic rings. The Hall–Kier alpha value is -2.31. The monoisotopic (exact) mass is 293 g/mol. The fourth-order valence-electron chi connectivity index (χ4n) is 2.92. The maximum Gasteiger partial charge on any atom is 0.259 e. The van der Waals surface area contributed by atoms with Gasteiger partial charge < -0.3 is 9.88 Å². The van der Waals surface area contributed by atoms with Crippen molar-refractivity contribution in [3.8, 4) is 0 Å². The number of nitrogens with one attached hydrogen (secondary N) is 1. The number of amides is 1. The van der Waals surface area contributed by atoms with Crippen LogP contribution in [0.25, 0.3) is 10.9 Å². The van der Waals surface area contributed by atoms with Crippen molar-refractivity contribution in [1.29, 1.82) is 0 Å². The number of hydrogen-bond donors (Lipinski definition) is 1. The highest BCUT2D eigenvalue weighted by atomic mass is 19.1. The van der Waals surface area contributed by atoms with Gasteiger partial charge in [-0.2, -0.15) is 0 Å². The van der Waals surface area contributed by atoms with E-state index in [0.29, 0.717) is 17.0 Å². The lowest BCUT2D eigenvalue weighted by Gasteiger charge is -2.13. The molecule has 0 radical (unpaired) electrons. The van der Waals surface area contributed by atoms with Crippen LogP contribution in [-0.4, -0.2) is 29.6 Å². The lowest BCUT2D eigenvalue weighted by molar-refractivity contribution is -0.119. The predicted molar refractivity (Wildman–Crippen MR) is 74.0 cm³/mol. The highest BCUT2D eigenvalue weighted by molar-refractivity contribution is 6.08. The van der Waals surface area contributed by atoms with E-state index in [1.54, 1.807) is 13.0 Å². The lowest BCUT2D eigenvalue weighted by Crippen LogP contribution is -2.24. The van der Waals surface area contributed by atoms with Crippen molar-refractivity contribution in [3.63, 3.8) is 0 Å². The number of carbonyl (C=O) groups excluding carboxylic acids is 1. The van der Waals surface area contributed by atoms with Crippen molar-refractivity contribution in [2.75, 3.05) is 18.6 Å². The second kappa shape index (κ2) is 4.61. The molecule has 21 heavy (non-hydrogen) atoms. The van der Waals surface area contributed by atoms with Crippen LogP contribution in [0.4, 0.5) is 14.5 Å². The van der Waals surface area contributed by atoms with Crippen LogP contribution in [0.2, 0.25) is 0 Å². The fraction of sp³-hybridized carbons (Fsp3) is 0.357. The Morgan fingerprint density at radius 3 is 2.71 bits per heavy atom. The zero-order valence-corrected chi connectivity index (χ0v) is 11.5. The first-order chi connectivity index (χ1) is 9.99. The molecule has 0 fully saturated rings. The average molecular weight is 293 g/mol. The van der Waals surface area contributed by atoms with Crippen molar-refractivity contribution in [2.45, 2.75) is 19.5 Å². The van der Waals surface area contributed by atoms with Crippen molar-refractivity contribution in [1.82, 2.24) is 9.97 Å². The van der Waals surface area contributed by atoms with Crippen LogP contribution < -0.4 is 10.5 Å². The van der Waals surface area contributed by atoms with E-state index in [4.69, 9.17) is 0 Å². The number of aromatic amines is 1. The van der Waals surface area contributed by atoms with Gasteiger partial charge in [0.2, 0.25) is 5.91 Å². The maximum absolute atomic E-state index is 13.5. The first kappa shape index (κ1) is 13.7. The van der Waals surface area contributed by atoms with Crippen molar-refractivity contribution >= 4 is 22.5 Å². The summed E-state index contributed by atoms with van der Waals surface area (Å²) >= 11 is 0. The molecule has 0 saturated heterocycles. The van der Waals surface area contributed by atoms with Crippen LogP contribution in [0.3, 0.4) is 0 Å². The number of hydrogen-bond acceptors (Lipinski definition) is 3. The summed E-state index contributed by atoms with van der Waals surface area (Å²) in [6.45, 7) is -0.264. The number of anilines is 1. The third-order valence-corrected chi connectivity index (χ3v) is 3.87. The Kier molecular flexibility index (Phi) is 3.00. The first-order valence-electron chi connectivity index (χ1n) is 6.45. The highest BCUT2D eigenvalue weighted by Gasteiger charge is 2.38. The van der Waals surface area contributed by atoms with Crippen LogP contribution in [-0.2, 0) is 11.5 Å². The number of H-pyrrole nitrogens is 1. The van der Waals surface area contributed by atoms with Crippen molar-refractivity contribution < 1.29 is 13.6 Å². The van der Waals surface area contributed by atoms with Crippen LogP contribution in [0.15, 0.2) is 10.9 Å². The minimum Gasteiger partial charge on any atom is -0.314 e. The summed E-state index contributed by atoms with van der Waals surface area (Å²) < 4.78 is 26.7. The van der Waals surface area contributed by atoms with E-state index in [2.05, 4.69) is 9.97 Å². The topological polar surface area (TPSA) is 66.1 Å². The van der Waals surface area contributed by atoms with Gasteiger partial charge in [-0.25, -0.2) is 13.8 Å². The maximum atomic E-state index is 13.5. The molecule has 0 saturated carbocycles. The molecule has 1 unspecified atom stereocenters. The average Bonchev–Trinajstić information content (AvgIpc) is 2.68. The van der Waals surface area contributed by atoms with Gasteiger partial charge in [-0.05, 0) is 18.6 Å². The summed E-state index contributed by atoms with van der Waals surface area (Å²) in [6.07, 6.45) is 0. The number of benzene rings is 1. The predicted octanol–water partition coefficient (Wildman–Crippen LogP) is 1.73.